The van der Waals surface area contributed by atoms with Crippen LogP contribution < -0.4 is 5.73 Å². The summed E-state index contributed by atoms with van der Waals surface area (Å²) < 4.78 is 5.68. The van der Waals surface area contributed by atoms with Crippen LogP contribution in [0.3, 0.4) is 0 Å². The van der Waals surface area contributed by atoms with Crippen LogP contribution in [-0.2, 0) is 11.2 Å². The summed E-state index contributed by atoms with van der Waals surface area (Å²) in [5.41, 5.74) is 9.81. The maximum absolute atomic E-state index is 9.57. The van der Waals surface area contributed by atoms with E-state index in [-0.39, 0.29) is 18.8 Å². The molecule has 4 heteroatoms. The molecule has 3 nitrogen and oxygen atoms in total. The third-order valence-corrected chi connectivity index (χ3v) is 3.20. The van der Waals surface area contributed by atoms with E-state index < -0.39 is 5.22 Å². The molecule has 0 unspecified atom stereocenters. The Morgan fingerprint density at radius 3 is 2.94 bits per heavy atom. The first-order chi connectivity index (χ1) is 7.87. The van der Waals surface area contributed by atoms with E-state index in [1.54, 1.807) is 6.92 Å². The predicted molar refractivity (Wildman–Crippen MR) is 67.9 cm³/mol. The van der Waals surface area contributed by atoms with Crippen molar-refractivity contribution in [2.75, 3.05) is 6.61 Å². The van der Waals surface area contributed by atoms with Gasteiger partial charge in [0.05, 0.1) is 34.2 Å². The number of fused-ring (bicyclic) bond motifs is 1. The van der Waals surface area contributed by atoms with Crippen LogP contribution in [0.15, 0.2) is 18.2 Å². The van der Waals surface area contributed by atoms with E-state index in [1.807, 2.05) is 0 Å². The van der Waals surface area contributed by atoms with Gasteiger partial charge < -0.3 is 15.6 Å². The first-order valence-electron chi connectivity index (χ1n) is 5.81. The Kier molecular flexibility index (Phi) is 3.40. The second-order valence-electron chi connectivity index (χ2n) is 5.06. The Labute approximate surface area is 105 Å². The molecule has 0 aliphatic heterocycles. The van der Waals surface area contributed by atoms with Gasteiger partial charge in [0.2, 0.25) is 0 Å². The molecule has 3 radical (unpaired) electrons. The third kappa shape index (κ3) is 2.96. The fourth-order valence-electron chi connectivity index (χ4n) is 2.21. The molecular weight excluding hydrogens is 230 g/mol. The second kappa shape index (κ2) is 4.53. The van der Waals surface area contributed by atoms with Gasteiger partial charge in [-0.1, -0.05) is 23.8 Å². The Morgan fingerprint density at radius 2 is 2.29 bits per heavy atom. The summed E-state index contributed by atoms with van der Waals surface area (Å²) in [6.45, 7) is 3.96. The highest BCUT2D eigenvalue weighted by atomic mass is 28.1. The van der Waals surface area contributed by atoms with Crippen LogP contribution in [0, 0.1) is 6.92 Å². The number of ether oxygens (including phenoxy) is 1. The number of aliphatic hydroxyl groups is 1. The number of hydrogen-bond acceptors (Lipinski definition) is 3. The van der Waals surface area contributed by atoms with Crippen molar-refractivity contribution in [2.24, 2.45) is 5.73 Å². The van der Waals surface area contributed by atoms with Gasteiger partial charge in [0.25, 0.3) is 0 Å². The van der Waals surface area contributed by atoms with Crippen molar-refractivity contribution < 1.29 is 9.84 Å². The molecule has 1 aliphatic rings. The summed E-state index contributed by atoms with van der Waals surface area (Å²) in [6.07, 6.45) is 0.773. The molecule has 0 saturated heterocycles. The molecule has 1 aromatic rings. The Balaban J connectivity index is 2.06. The van der Waals surface area contributed by atoms with Crippen LogP contribution in [0.25, 0.3) is 0 Å². The van der Waals surface area contributed by atoms with E-state index in [1.165, 1.54) is 11.1 Å². The van der Waals surface area contributed by atoms with Gasteiger partial charge in [0, 0.05) is 6.42 Å². The summed E-state index contributed by atoms with van der Waals surface area (Å²) in [5, 5.41) is 8.58. The lowest BCUT2D eigenvalue weighted by Gasteiger charge is -2.23. The van der Waals surface area contributed by atoms with Crippen molar-refractivity contribution in [3.05, 3.63) is 34.9 Å². The fraction of sp³-hybridized carbons (Fsp3) is 0.538. The lowest BCUT2D eigenvalue weighted by atomic mass is 10.1. The van der Waals surface area contributed by atoms with Gasteiger partial charge in [-0.15, -0.1) is 0 Å². The standard InChI is InChI=1S/C13H18NO2Si/c1-8-3-4-10-9(5-8)6-11(12(10)14)16-7-13(2,15)17/h3-5,11-12,15H,6-7,14H2,1-2H3/t11-,12+,13-/m0/s1. The molecule has 1 aromatic carbocycles. The second-order valence-corrected chi connectivity index (χ2v) is 6.13. The van der Waals surface area contributed by atoms with E-state index in [0.29, 0.717) is 0 Å². The SMILES string of the molecule is Cc1ccc2c(c1)C[C@H](OC[C@@](C)(O)[Si])[C@@H]2N. The molecule has 17 heavy (non-hydrogen) atoms. The van der Waals surface area contributed by atoms with E-state index in [0.717, 1.165) is 12.0 Å². The van der Waals surface area contributed by atoms with Gasteiger partial charge in [-0.3, -0.25) is 0 Å². The maximum atomic E-state index is 9.57. The molecule has 2 rings (SSSR count). The molecule has 91 valence electrons. The minimum atomic E-state index is -0.996. The normalized spacial score (nSPS) is 26.6. The third-order valence-electron chi connectivity index (χ3n) is 3.06. The highest BCUT2D eigenvalue weighted by Crippen LogP contribution is 2.32. The number of nitrogens with two attached hydrogens (primary N) is 1. The number of benzene rings is 1. The van der Waals surface area contributed by atoms with E-state index in [4.69, 9.17) is 10.5 Å². The zero-order valence-electron chi connectivity index (χ0n) is 10.2. The lowest BCUT2D eigenvalue weighted by Crippen LogP contribution is -2.35. The number of rotatable bonds is 3. The van der Waals surface area contributed by atoms with Crippen molar-refractivity contribution in [3.63, 3.8) is 0 Å². The molecule has 3 N–H and O–H groups in total. The summed E-state index contributed by atoms with van der Waals surface area (Å²) in [4.78, 5) is 0. The van der Waals surface area contributed by atoms with Crippen molar-refractivity contribution >= 4 is 10.2 Å². The summed E-state index contributed by atoms with van der Waals surface area (Å²) >= 11 is 0. The van der Waals surface area contributed by atoms with Crippen molar-refractivity contribution in [3.8, 4) is 0 Å². The minimum absolute atomic E-state index is 0.0466. The van der Waals surface area contributed by atoms with Crippen LogP contribution in [0.2, 0.25) is 0 Å². The van der Waals surface area contributed by atoms with Crippen LogP contribution in [0.1, 0.15) is 29.7 Å². The van der Waals surface area contributed by atoms with E-state index >= 15 is 0 Å². The molecule has 1 aliphatic carbocycles. The molecule has 0 saturated carbocycles. The summed E-state index contributed by atoms with van der Waals surface area (Å²) in [5.74, 6) is 0. The Morgan fingerprint density at radius 1 is 1.59 bits per heavy atom. The smallest absolute Gasteiger partial charge is 0.0809 e. The molecular formula is C13H18NO2Si. The highest BCUT2D eigenvalue weighted by Gasteiger charge is 2.31. The number of hydrogen-bond donors (Lipinski definition) is 2. The molecule has 0 amide bonds. The molecule has 0 bridgehead atoms. The van der Waals surface area contributed by atoms with Gasteiger partial charge in [-0.25, -0.2) is 0 Å². The zero-order chi connectivity index (χ0) is 12.6. The lowest BCUT2D eigenvalue weighted by molar-refractivity contribution is -0.0266. The minimum Gasteiger partial charge on any atom is -0.392 e. The fourth-order valence-corrected chi connectivity index (χ4v) is 2.30. The van der Waals surface area contributed by atoms with Gasteiger partial charge in [-0.05, 0) is 25.0 Å². The topological polar surface area (TPSA) is 55.5 Å². The molecule has 0 heterocycles. The quantitative estimate of drug-likeness (QED) is 0.779. The van der Waals surface area contributed by atoms with Crippen LogP contribution in [0.5, 0.6) is 0 Å². The Hall–Kier alpha value is -0.683. The van der Waals surface area contributed by atoms with Gasteiger partial charge in [-0.2, -0.15) is 0 Å². The Bertz CT molecular complexity index is 414. The average Bonchev–Trinajstić information content (AvgIpc) is 2.51. The summed E-state index contributed by atoms with van der Waals surface area (Å²) in [7, 11) is 3.19. The largest absolute Gasteiger partial charge is 0.392 e. The van der Waals surface area contributed by atoms with Gasteiger partial charge >= 0.3 is 0 Å². The van der Waals surface area contributed by atoms with Crippen LogP contribution in [0.4, 0.5) is 0 Å². The maximum Gasteiger partial charge on any atom is 0.0809 e. The van der Waals surface area contributed by atoms with Crippen molar-refractivity contribution in [2.45, 2.75) is 37.6 Å². The molecule has 0 spiro atoms. The highest BCUT2D eigenvalue weighted by molar-refractivity contribution is 6.14. The predicted octanol–water partition coefficient (Wildman–Crippen LogP) is 0.813. The van der Waals surface area contributed by atoms with Gasteiger partial charge in [0.15, 0.2) is 0 Å². The molecule has 0 aromatic heterocycles. The monoisotopic (exact) mass is 248 g/mol. The summed E-state index contributed by atoms with van der Waals surface area (Å²) in [6, 6.07) is 6.20. The van der Waals surface area contributed by atoms with Gasteiger partial charge in [0.1, 0.15) is 0 Å². The molecule has 0 fully saturated rings. The molecule has 3 atom stereocenters. The van der Waals surface area contributed by atoms with E-state index in [2.05, 4.69) is 35.4 Å². The number of aryl methyl sites for hydroxylation is 1. The van der Waals surface area contributed by atoms with Crippen molar-refractivity contribution in [1.82, 2.24) is 0 Å². The zero-order valence-corrected chi connectivity index (χ0v) is 11.2. The van der Waals surface area contributed by atoms with Crippen LogP contribution in [-0.4, -0.2) is 33.3 Å². The van der Waals surface area contributed by atoms with Crippen molar-refractivity contribution in [1.29, 1.82) is 0 Å². The average molecular weight is 248 g/mol. The first kappa shape index (κ1) is 12.8. The van der Waals surface area contributed by atoms with Crippen LogP contribution >= 0.6 is 0 Å². The van der Waals surface area contributed by atoms with E-state index in [9.17, 15) is 5.11 Å². The first-order valence-corrected chi connectivity index (χ1v) is 6.31.